The Hall–Kier alpha value is -1.55. The summed E-state index contributed by atoms with van der Waals surface area (Å²) in [6.07, 6.45) is 6.42. The molecule has 2 aliphatic carbocycles. The number of rotatable bonds is 2. The van der Waals surface area contributed by atoms with Crippen LogP contribution in [-0.2, 0) is 11.2 Å². The van der Waals surface area contributed by atoms with Crippen LogP contribution in [0, 0.1) is 18.3 Å². The number of fused-ring (bicyclic) bond motifs is 1. The van der Waals surface area contributed by atoms with Crippen LogP contribution < -0.4 is 11.1 Å². The fraction of sp³-hybridized carbons (Fsp3) is 0.588. The van der Waals surface area contributed by atoms with E-state index in [1.807, 2.05) is 19.1 Å². The first-order valence-electron chi connectivity index (χ1n) is 7.67. The Balaban J connectivity index is 1.78. The number of nitrogens with two attached hydrogens (primary N) is 1. The van der Waals surface area contributed by atoms with Gasteiger partial charge < -0.3 is 15.5 Å². The minimum atomic E-state index is -0.0958. The first-order chi connectivity index (χ1) is 9.84. The highest BCUT2D eigenvalue weighted by atomic mass is 16.3. The average molecular weight is 288 g/mol. The van der Waals surface area contributed by atoms with Gasteiger partial charge in [-0.25, -0.2) is 0 Å². The van der Waals surface area contributed by atoms with Crippen LogP contribution in [0.5, 0.6) is 0 Å². The molecular weight excluding hydrogens is 264 g/mol. The molecule has 0 aliphatic heterocycles. The molecule has 1 aromatic heterocycles. The van der Waals surface area contributed by atoms with Crippen molar-refractivity contribution >= 4 is 5.91 Å². The van der Waals surface area contributed by atoms with Gasteiger partial charge in [0.15, 0.2) is 0 Å². The van der Waals surface area contributed by atoms with Gasteiger partial charge >= 0.3 is 0 Å². The molecule has 3 rings (SSSR count). The van der Waals surface area contributed by atoms with E-state index in [1.54, 1.807) is 0 Å². The van der Waals surface area contributed by atoms with Crippen molar-refractivity contribution in [3.63, 3.8) is 0 Å². The minimum absolute atomic E-state index is 0.00952. The Bertz CT molecular complexity index is 586. The molecule has 1 heterocycles. The molecule has 21 heavy (non-hydrogen) atoms. The summed E-state index contributed by atoms with van der Waals surface area (Å²) < 4.78 is 5.81. The number of amides is 1. The molecule has 4 heteroatoms. The molecular formula is C17H24N2O2. The molecule has 0 spiro atoms. The number of hydrogen-bond donors (Lipinski definition) is 2. The number of aryl methyl sites for hydroxylation is 1. The molecule has 0 fully saturated rings. The number of hydrogen-bond acceptors (Lipinski definition) is 3. The van der Waals surface area contributed by atoms with Gasteiger partial charge in [-0.15, -0.1) is 0 Å². The molecule has 3 atom stereocenters. The van der Waals surface area contributed by atoms with Gasteiger partial charge in [0.05, 0.1) is 12.0 Å². The predicted octanol–water partition coefficient (Wildman–Crippen LogP) is 2.62. The molecule has 2 aliphatic rings. The first kappa shape index (κ1) is 14.4. The lowest BCUT2D eigenvalue weighted by Crippen LogP contribution is -2.38. The highest BCUT2D eigenvalue weighted by molar-refractivity contribution is 5.81. The standard InChI is InChI=1S/C17H24N2O2/c1-10-6-13-14(8-17(2,3)9-15(13)21-10)19-16(20)11-4-5-12(18)7-11/h4-6,11-12,14H,7-9,18H2,1-3H3,(H,19,20). The van der Waals surface area contributed by atoms with E-state index in [-0.39, 0.29) is 29.3 Å². The van der Waals surface area contributed by atoms with Crippen molar-refractivity contribution in [1.29, 1.82) is 0 Å². The van der Waals surface area contributed by atoms with Gasteiger partial charge in [-0.1, -0.05) is 26.0 Å². The molecule has 0 radical (unpaired) electrons. The van der Waals surface area contributed by atoms with Crippen LogP contribution in [0.2, 0.25) is 0 Å². The topological polar surface area (TPSA) is 68.3 Å². The summed E-state index contributed by atoms with van der Waals surface area (Å²) in [5, 5.41) is 3.20. The maximum absolute atomic E-state index is 12.4. The van der Waals surface area contributed by atoms with Crippen LogP contribution in [0.3, 0.4) is 0 Å². The molecule has 0 bridgehead atoms. The van der Waals surface area contributed by atoms with Gasteiger partial charge in [-0.2, -0.15) is 0 Å². The number of furan rings is 1. The normalized spacial score (nSPS) is 30.2. The average Bonchev–Trinajstić information content (AvgIpc) is 2.93. The highest BCUT2D eigenvalue weighted by Crippen LogP contribution is 2.42. The molecule has 1 amide bonds. The maximum atomic E-state index is 12.4. The third-order valence-corrected chi connectivity index (χ3v) is 4.51. The molecule has 3 unspecified atom stereocenters. The van der Waals surface area contributed by atoms with Crippen molar-refractivity contribution in [2.24, 2.45) is 17.1 Å². The lowest BCUT2D eigenvalue weighted by molar-refractivity contribution is -0.124. The second kappa shape index (κ2) is 5.02. The van der Waals surface area contributed by atoms with Gasteiger partial charge in [-0.05, 0) is 31.2 Å². The molecule has 1 aromatic rings. The summed E-state index contributed by atoms with van der Waals surface area (Å²) in [5.74, 6) is 1.92. The van der Waals surface area contributed by atoms with Gasteiger partial charge in [0.1, 0.15) is 11.5 Å². The molecule has 3 N–H and O–H groups in total. The van der Waals surface area contributed by atoms with E-state index < -0.39 is 0 Å². The quantitative estimate of drug-likeness (QED) is 0.822. The SMILES string of the molecule is Cc1cc2c(o1)CC(C)(C)CC2NC(=O)C1C=CC(N)C1. The smallest absolute Gasteiger partial charge is 0.227 e. The fourth-order valence-corrected chi connectivity index (χ4v) is 3.51. The maximum Gasteiger partial charge on any atom is 0.227 e. The van der Waals surface area contributed by atoms with E-state index >= 15 is 0 Å². The van der Waals surface area contributed by atoms with E-state index in [0.29, 0.717) is 6.42 Å². The van der Waals surface area contributed by atoms with Crippen molar-refractivity contribution in [3.8, 4) is 0 Å². The molecule has 0 saturated carbocycles. The van der Waals surface area contributed by atoms with Crippen molar-refractivity contribution < 1.29 is 9.21 Å². The summed E-state index contributed by atoms with van der Waals surface area (Å²) in [5.41, 5.74) is 7.12. The van der Waals surface area contributed by atoms with Gasteiger partial charge in [0, 0.05) is 18.0 Å². The molecule has 4 nitrogen and oxygen atoms in total. The van der Waals surface area contributed by atoms with Crippen molar-refractivity contribution in [2.75, 3.05) is 0 Å². The molecule has 0 saturated heterocycles. The summed E-state index contributed by atoms with van der Waals surface area (Å²) in [6, 6.07) is 2.11. The predicted molar refractivity (Wildman–Crippen MR) is 81.7 cm³/mol. The van der Waals surface area contributed by atoms with Crippen molar-refractivity contribution in [1.82, 2.24) is 5.32 Å². The van der Waals surface area contributed by atoms with E-state index in [4.69, 9.17) is 10.2 Å². The van der Waals surface area contributed by atoms with Crippen LogP contribution >= 0.6 is 0 Å². The zero-order valence-corrected chi connectivity index (χ0v) is 13.0. The second-order valence-corrected chi connectivity index (χ2v) is 7.23. The largest absolute Gasteiger partial charge is 0.466 e. The molecule has 114 valence electrons. The second-order valence-electron chi connectivity index (χ2n) is 7.23. The van der Waals surface area contributed by atoms with Crippen LogP contribution in [0.1, 0.15) is 49.8 Å². The van der Waals surface area contributed by atoms with Crippen LogP contribution in [0.15, 0.2) is 22.6 Å². The number of nitrogens with one attached hydrogen (secondary N) is 1. The van der Waals surface area contributed by atoms with E-state index in [0.717, 1.165) is 29.9 Å². The number of carbonyl (C=O) groups excluding carboxylic acids is 1. The Morgan fingerprint density at radius 2 is 2.19 bits per heavy atom. The van der Waals surface area contributed by atoms with E-state index in [9.17, 15) is 4.79 Å². The Morgan fingerprint density at radius 1 is 1.43 bits per heavy atom. The van der Waals surface area contributed by atoms with E-state index in [1.165, 1.54) is 0 Å². The first-order valence-corrected chi connectivity index (χ1v) is 7.67. The van der Waals surface area contributed by atoms with Crippen molar-refractivity contribution in [2.45, 2.75) is 52.1 Å². The lowest BCUT2D eigenvalue weighted by Gasteiger charge is -2.35. The Labute approximate surface area is 125 Å². The Kier molecular flexibility index (Phi) is 3.44. The van der Waals surface area contributed by atoms with Crippen LogP contribution in [0.25, 0.3) is 0 Å². The molecule has 0 aromatic carbocycles. The summed E-state index contributed by atoms with van der Waals surface area (Å²) in [7, 11) is 0. The van der Waals surface area contributed by atoms with Crippen molar-refractivity contribution in [3.05, 3.63) is 35.3 Å². The Morgan fingerprint density at radius 3 is 2.86 bits per heavy atom. The van der Waals surface area contributed by atoms with Gasteiger partial charge in [0.2, 0.25) is 5.91 Å². The van der Waals surface area contributed by atoms with Gasteiger partial charge in [0.25, 0.3) is 0 Å². The zero-order valence-electron chi connectivity index (χ0n) is 13.0. The monoisotopic (exact) mass is 288 g/mol. The lowest BCUT2D eigenvalue weighted by atomic mass is 9.74. The van der Waals surface area contributed by atoms with Gasteiger partial charge in [-0.3, -0.25) is 4.79 Å². The highest BCUT2D eigenvalue weighted by Gasteiger charge is 2.36. The van der Waals surface area contributed by atoms with E-state index in [2.05, 4.69) is 25.2 Å². The summed E-state index contributed by atoms with van der Waals surface area (Å²) in [6.45, 7) is 6.40. The summed E-state index contributed by atoms with van der Waals surface area (Å²) in [4.78, 5) is 12.4. The zero-order chi connectivity index (χ0) is 15.2. The number of carbonyl (C=O) groups is 1. The van der Waals surface area contributed by atoms with Crippen LogP contribution in [0.4, 0.5) is 0 Å². The fourth-order valence-electron chi connectivity index (χ4n) is 3.51. The minimum Gasteiger partial charge on any atom is -0.466 e. The third-order valence-electron chi connectivity index (χ3n) is 4.51. The van der Waals surface area contributed by atoms with Crippen LogP contribution in [-0.4, -0.2) is 11.9 Å². The third kappa shape index (κ3) is 2.91. The summed E-state index contributed by atoms with van der Waals surface area (Å²) >= 11 is 0.